The Bertz CT molecular complexity index is 971. The van der Waals surface area contributed by atoms with Gasteiger partial charge in [-0.15, -0.1) is 0 Å². The van der Waals surface area contributed by atoms with Gasteiger partial charge in [0, 0.05) is 5.56 Å². The SMILES string of the molecule is Cc1ccc(-c2nc(N)nc3nc[nH]c23)c2ccccc12. The lowest BCUT2D eigenvalue weighted by molar-refractivity contribution is 1.22. The van der Waals surface area contributed by atoms with Gasteiger partial charge < -0.3 is 10.7 Å². The van der Waals surface area contributed by atoms with Crippen molar-refractivity contribution in [3.63, 3.8) is 0 Å². The number of nitrogen functional groups attached to an aromatic ring is 1. The molecule has 0 aliphatic rings. The predicted octanol–water partition coefficient (Wildman–Crippen LogP) is 3.06. The second kappa shape index (κ2) is 4.28. The Morgan fingerprint density at radius 1 is 1.00 bits per heavy atom. The zero-order chi connectivity index (χ0) is 14.4. The molecule has 0 saturated carbocycles. The number of benzene rings is 2. The Labute approximate surface area is 120 Å². The van der Waals surface area contributed by atoms with Crippen molar-refractivity contribution in [2.45, 2.75) is 6.92 Å². The first-order valence-corrected chi connectivity index (χ1v) is 6.69. The lowest BCUT2D eigenvalue weighted by Gasteiger charge is -2.09. The number of anilines is 1. The Kier molecular flexibility index (Phi) is 2.41. The largest absolute Gasteiger partial charge is 0.368 e. The third kappa shape index (κ3) is 1.74. The van der Waals surface area contributed by atoms with Crippen molar-refractivity contribution in [3.8, 4) is 11.3 Å². The van der Waals surface area contributed by atoms with Crippen LogP contribution in [0.3, 0.4) is 0 Å². The van der Waals surface area contributed by atoms with Crippen LogP contribution in [0.2, 0.25) is 0 Å². The van der Waals surface area contributed by atoms with Gasteiger partial charge in [-0.1, -0.05) is 36.4 Å². The molecule has 4 aromatic rings. The molecular weight excluding hydrogens is 262 g/mol. The highest BCUT2D eigenvalue weighted by Crippen LogP contribution is 2.32. The van der Waals surface area contributed by atoms with Crippen LogP contribution in [0.15, 0.2) is 42.7 Å². The zero-order valence-corrected chi connectivity index (χ0v) is 11.5. The first-order valence-electron chi connectivity index (χ1n) is 6.69. The van der Waals surface area contributed by atoms with Crippen molar-refractivity contribution >= 4 is 27.9 Å². The van der Waals surface area contributed by atoms with Crippen LogP contribution in [0.5, 0.6) is 0 Å². The Morgan fingerprint density at radius 3 is 2.67 bits per heavy atom. The molecule has 0 bridgehead atoms. The van der Waals surface area contributed by atoms with Crippen LogP contribution in [0.4, 0.5) is 5.95 Å². The molecule has 0 spiro atoms. The van der Waals surface area contributed by atoms with Crippen molar-refractivity contribution in [3.05, 3.63) is 48.3 Å². The molecule has 0 atom stereocenters. The number of nitrogens with one attached hydrogen (secondary N) is 1. The fourth-order valence-electron chi connectivity index (χ4n) is 2.70. The Hall–Kier alpha value is -2.95. The van der Waals surface area contributed by atoms with Gasteiger partial charge >= 0.3 is 0 Å². The monoisotopic (exact) mass is 275 g/mol. The summed E-state index contributed by atoms with van der Waals surface area (Å²) >= 11 is 0. The highest BCUT2D eigenvalue weighted by atomic mass is 15.1. The molecule has 102 valence electrons. The van der Waals surface area contributed by atoms with Gasteiger partial charge in [0.1, 0.15) is 11.2 Å². The van der Waals surface area contributed by atoms with Gasteiger partial charge in [0.15, 0.2) is 5.65 Å². The van der Waals surface area contributed by atoms with E-state index in [0.29, 0.717) is 5.65 Å². The van der Waals surface area contributed by atoms with E-state index in [1.54, 1.807) is 6.33 Å². The van der Waals surface area contributed by atoms with Crippen molar-refractivity contribution in [2.75, 3.05) is 5.73 Å². The van der Waals surface area contributed by atoms with E-state index in [9.17, 15) is 0 Å². The number of H-pyrrole nitrogens is 1. The van der Waals surface area contributed by atoms with E-state index in [2.05, 4.69) is 51.1 Å². The van der Waals surface area contributed by atoms with Crippen molar-refractivity contribution in [1.29, 1.82) is 0 Å². The molecule has 5 heteroatoms. The standard InChI is InChI=1S/C16H13N5/c1-9-6-7-12(11-5-3-2-4-10(9)11)13-14-15(19-8-18-14)21-16(17)20-13/h2-8H,1H3,(H3,17,18,19,20,21). The van der Waals surface area contributed by atoms with Gasteiger partial charge in [-0.3, -0.25) is 0 Å². The fourth-order valence-corrected chi connectivity index (χ4v) is 2.70. The number of aromatic nitrogens is 4. The topological polar surface area (TPSA) is 80.5 Å². The molecule has 2 aromatic heterocycles. The fraction of sp³-hybridized carbons (Fsp3) is 0.0625. The minimum atomic E-state index is 0.231. The van der Waals surface area contributed by atoms with E-state index in [1.807, 2.05) is 12.1 Å². The van der Waals surface area contributed by atoms with Gasteiger partial charge in [-0.05, 0) is 23.3 Å². The molecule has 3 N–H and O–H groups in total. The van der Waals surface area contributed by atoms with Gasteiger partial charge in [0.2, 0.25) is 5.95 Å². The molecule has 0 fully saturated rings. The van der Waals surface area contributed by atoms with E-state index < -0.39 is 0 Å². The van der Waals surface area contributed by atoms with Crippen LogP contribution in [0.25, 0.3) is 33.2 Å². The Balaban J connectivity index is 2.14. The zero-order valence-electron chi connectivity index (χ0n) is 11.5. The minimum Gasteiger partial charge on any atom is -0.368 e. The van der Waals surface area contributed by atoms with Gasteiger partial charge in [0.05, 0.1) is 6.33 Å². The first-order chi connectivity index (χ1) is 10.2. The molecular formula is C16H13N5. The molecule has 21 heavy (non-hydrogen) atoms. The van der Waals surface area contributed by atoms with E-state index in [0.717, 1.165) is 22.2 Å². The average Bonchev–Trinajstić information content (AvgIpc) is 2.95. The summed E-state index contributed by atoms with van der Waals surface area (Å²) in [6, 6.07) is 12.4. The van der Waals surface area contributed by atoms with Gasteiger partial charge in [-0.25, -0.2) is 9.97 Å². The molecule has 0 amide bonds. The van der Waals surface area contributed by atoms with Gasteiger partial charge in [0.25, 0.3) is 0 Å². The third-order valence-electron chi connectivity index (χ3n) is 3.70. The summed E-state index contributed by atoms with van der Waals surface area (Å²) in [6.45, 7) is 2.10. The van der Waals surface area contributed by atoms with Crippen LogP contribution in [0, 0.1) is 6.92 Å². The summed E-state index contributed by atoms with van der Waals surface area (Å²) in [4.78, 5) is 15.8. The van der Waals surface area contributed by atoms with Crippen LogP contribution in [-0.2, 0) is 0 Å². The minimum absolute atomic E-state index is 0.231. The summed E-state index contributed by atoms with van der Waals surface area (Å²) in [6.07, 6.45) is 1.61. The summed E-state index contributed by atoms with van der Waals surface area (Å²) in [5, 5.41) is 2.35. The smallest absolute Gasteiger partial charge is 0.222 e. The summed E-state index contributed by atoms with van der Waals surface area (Å²) < 4.78 is 0. The Morgan fingerprint density at radius 2 is 1.81 bits per heavy atom. The molecule has 0 aliphatic heterocycles. The molecule has 0 saturated heterocycles. The highest BCUT2D eigenvalue weighted by molar-refractivity contribution is 6.02. The lowest BCUT2D eigenvalue weighted by Crippen LogP contribution is -1.98. The van der Waals surface area contributed by atoms with Crippen LogP contribution in [-0.4, -0.2) is 19.9 Å². The molecule has 2 aromatic carbocycles. The molecule has 0 aliphatic carbocycles. The summed E-state index contributed by atoms with van der Waals surface area (Å²) in [7, 11) is 0. The maximum absolute atomic E-state index is 5.82. The van der Waals surface area contributed by atoms with Crippen LogP contribution in [0.1, 0.15) is 5.56 Å². The van der Waals surface area contributed by atoms with Crippen molar-refractivity contribution in [2.24, 2.45) is 0 Å². The number of hydrogen-bond donors (Lipinski definition) is 2. The average molecular weight is 275 g/mol. The highest BCUT2D eigenvalue weighted by Gasteiger charge is 2.13. The van der Waals surface area contributed by atoms with E-state index >= 15 is 0 Å². The normalized spacial score (nSPS) is 11.3. The molecule has 0 radical (unpaired) electrons. The number of nitrogens with zero attached hydrogens (tertiary/aromatic N) is 3. The first kappa shape index (κ1) is 11.8. The molecule has 0 unspecified atom stereocenters. The number of rotatable bonds is 1. The maximum atomic E-state index is 5.82. The number of fused-ring (bicyclic) bond motifs is 2. The van der Waals surface area contributed by atoms with Crippen molar-refractivity contribution in [1.82, 2.24) is 19.9 Å². The predicted molar refractivity (Wildman–Crippen MR) is 83.8 cm³/mol. The van der Waals surface area contributed by atoms with Crippen LogP contribution < -0.4 is 5.73 Å². The molecule has 5 nitrogen and oxygen atoms in total. The number of aryl methyl sites for hydroxylation is 1. The number of imidazole rings is 1. The summed E-state index contributed by atoms with van der Waals surface area (Å²) in [5.41, 5.74) is 10.3. The molecule has 4 rings (SSSR count). The van der Waals surface area contributed by atoms with E-state index in [1.165, 1.54) is 10.9 Å². The second-order valence-corrected chi connectivity index (χ2v) is 5.01. The molecule has 2 heterocycles. The third-order valence-corrected chi connectivity index (χ3v) is 3.70. The van der Waals surface area contributed by atoms with Gasteiger partial charge in [-0.2, -0.15) is 4.98 Å². The number of aromatic amines is 1. The lowest BCUT2D eigenvalue weighted by atomic mass is 9.98. The van der Waals surface area contributed by atoms with E-state index in [4.69, 9.17) is 5.73 Å². The maximum Gasteiger partial charge on any atom is 0.222 e. The number of hydrogen-bond acceptors (Lipinski definition) is 4. The summed E-state index contributed by atoms with van der Waals surface area (Å²) in [5.74, 6) is 0.231. The van der Waals surface area contributed by atoms with Crippen molar-refractivity contribution < 1.29 is 0 Å². The van der Waals surface area contributed by atoms with Crippen LogP contribution >= 0.6 is 0 Å². The quantitative estimate of drug-likeness (QED) is 0.559. The second-order valence-electron chi connectivity index (χ2n) is 5.01. The van der Waals surface area contributed by atoms with E-state index in [-0.39, 0.29) is 5.95 Å². The number of nitrogens with two attached hydrogens (primary N) is 1.